The second-order valence-electron chi connectivity index (χ2n) is 4.48. The minimum atomic E-state index is 0.419. The van der Waals surface area contributed by atoms with Crippen LogP contribution in [0.15, 0.2) is 36.8 Å². The molecule has 0 unspecified atom stereocenters. The summed E-state index contributed by atoms with van der Waals surface area (Å²) in [6.45, 7) is 2.11. The topological polar surface area (TPSA) is 46.3 Å². The predicted molar refractivity (Wildman–Crippen MR) is 79.7 cm³/mol. The van der Waals surface area contributed by atoms with E-state index in [-0.39, 0.29) is 0 Å². The van der Waals surface area contributed by atoms with Gasteiger partial charge in [0.2, 0.25) is 0 Å². The molecule has 3 aromatic heterocycles. The number of rotatable bonds is 3. The summed E-state index contributed by atoms with van der Waals surface area (Å²) in [6.07, 6.45) is 6.33. The summed E-state index contributed by atoms with van der Waals surface area (Å²) >= 11 is 6.05. The first-order valence-corrected chi connectivity index (χ1v) is 6.75. The third-order valence-electron chi connectivity index (χ3n) is 3.23. The van der Waals surface area contributed by atoms with Gasteiger partial charge in [-0.3, -0.25) is 0 Å². The minimum absolute atomic E-state index is 0.419. The number of imidazole rings is 1. The summed E-state index contributed by atoms with van der Waals surface area (Å²) in [5.74, 6) is 0.842. The minimum Gasteiger partial charge on any atom is -0.326 e. The Bertz CT molecular complexity index is 735. The van der Waals surface area contributed by atoms with Gasteiger partial charge in [0, 0.05) is 31.7 Å². The molecule has 3 rings (SSSR count). The summed E-state index contributed by atoms with van der Waals surface area (Å²) in [5, 5.41) is 4.59. The highest BCUT2D eigenvalue weighted by Crippen LogP contribution is 2.27. The Morgan fingerprint density at radius 1 is 1.30 bits per heavy atom. The molecule has 3 aromatic rings. The molecule has 0 aliphatic rings. The normalized spacial score (nSPS) is 10.9. The monoisotopic (exact) mass is 287 g/mol. The number of aryl methyl sites for hydroxylation is 1. The maximum absolute atomic E-state index is 6.05. The molecule has 6 heteroatoms. The molecule has 0 N–H and O–H groups in total. The molecule has 5 nitrogen and oxygen atoms in total. The van der Waals surface area contributed by atoms with Gasteiger partial charge in [-0.2, -0.15) is 5.10 Å². The number of hydrogen-bond donors (Lipinski definition) is 0. The van der Waals surface area contributed by atoms with Gasteiger partial charge in [-0.25, -0.2) is 14.5 Å². The predicted octanol–water partition coefficient (Wildman–Crippen LogP) is 3.11. The molecule has 3 heterocycles. The molecule has 0 bridgehead atoms. The molecule has 0 saturated heterocycles. The van der Waals surface area contributed by atoms with Crippen LogP contribution in [-0.4, -0.2) is 26.6 Å². The lowest BCUT2D eigenvalue weighted by Crippen LogP contribution is -2.13. The first-order chi connectivity index (χ1) is 9.69. The molecular weight excluding hydrogens is 274 g/mol. The van der Waals surface area contributed by atoms with Gasteiger partial charge in [0.05, 0.1) is 5.69 Å². The Morgan fingerprint density at radius 3 is 2.85 bits per heavy atom. The molecular formula is C14H14ClN5. The maximum Gasteiger partial charge on any atom is 0.177 e. The Balaban J connectivity index is 2.06. The van der Waals surface area contributed by atoms with Crippen molar-refractivity contribution < 1.29 is 0 Å². The van der Waals surface area contributed by atoms with Crippen molar-refractivity contribution in [3.05, 3.63) is 47.5 Å². The quantitative estimate of drug-likeness (QED) is 0.742. The third-order valence-corrected chi connectivity index (χ3v) is 3.42. The molecule has 0 atom stereocenters. The zero-order valence-electron chi connectivity index (χ0n) is 11.3. The third kappa shape index (κ3) is 2.20. The van der Waals surface area contributed by atoms with Crippen molar-refractivity contribution in [2.75, 3.05) is 11.9 Å². The van der Waals surface area contributed by atoms with Crippen LogP contribution in [0.3, 0.4) is 0 Å². The van der Waals surface area contributed by atoms with Gasteiger partial charge in [0.25, 0.3) is 0 Å². The van der Waals surface area contributed by atoms with Crippen molar-refractivity contribution in [2.24, 2.45) is 0 Å². The van der Waals surface area contributed by atoms with Crippen LogP contribution < -0.4 is 4.90 Å². The Kier molecular flexibility index (Phi) is 3.28. The Hall–Kier alpha value is -2.14. The molecule has 0 amide bonds. The fraction of sp³-hybridized carbons (Fsp3) is 0.214. The van der Waals surface area contributed by atoms with Crippen molar-refractivity contribution in [2.45, 2.75) is 13.3 Å². The molecule has 20 heavy (non-hydrogen) atoms. The maximum atomic E-state index is 6.05. The highest BCUT2D eigenvalue weighted by Gasteiger charge is 2.12. The lowest BCUT2D eigenvalue weighted by atomic mass is 10.2. The fourth-order valence-electron chi connectivity index (χ4n) is 2.06. The Morgan fingerprint density at radius 2 is 2.15 bits per heavy atom. The van der Waals surface area contributed by atoms with E-state index < -0.39 is 0 Å². The second-order valence-corrected chi connectivity index (χ2v) is 4.87. The number of anilines is 2. The van der Waals surface area contributed by atoms with E-state index in [0.717, 1.165) is 23.6 Å². The molecule has 0 aromatic carbocycles. The van der Waals surface area contributed by atoms with Crippen molar-refractivity contribution in [1.82, 2.24) is 19.6 Å². The van der Waals surface area contributed by atoms with E-state index >= 15 is 0 Å². The van der Waals surface area contributed by atoms with Crippen LogP contribution in [0.5, 0.6) is 0 Å². The van der Waals surface area contributed by atoms with Gasteiger partial charge in [-0.15, -0.1) is 0 Å². The van der Waals surface area contributed by atoms with Gasteiger partial charge in [0.15, 0.2) is 10.8 Å². The highest BCUT2D eigenvalue weighted by atomic mass is 35.5. The van der Waals surface area contributed by atoms with Crippen molar-refractivity contribution in [1.29, 1.82) is 0 Å². The van der Waals surface area contributed by atoms with Crippen LogP contribution in [0.4, 0.5) is 11.5 Å². The summed E-state index contributed by atoms with van der Waals surface area (Å²) < 4.78 is 1.66. The first-order valence-electron chi connectivity index (χ1n) is 6.37. The Labute approximate surface area is 121 Å². The van der Waals surface area contributed by atoms with E-state index in [9.17, 15) is 0 Å². The van der Waals surface area contributed by atoms with Crippen molar-refractivity contribution in [3.8, 4) is 0 Å². The average molecular weight is 288 g/mol. The van der Waals surface area contributed by atoms with E-state index in [1.165, 1.54) is 5.56 Å². The van der Waals surface area contributed by atoms with Crippen LogP contribution in [0.25, 0.3) is 5.65 Å². The van der Waals surface area contributed by atoms with Gasteiger partial charge < -0.3 is 4.90 Å². The van der Waals surface area contributed by atoms with Crippen molar-refractivity contribution in [3.63, 3.8) is 0 Å². The number of pyridine rings is 1. The molecule has 0 fully saturated rings. The zero-order chi connectivity index (χ0) is 14.1. The summed E-state index contributed by atoms with van der Waals surface area (Å²) in [5.41, 5.74) is 2.82. The van der Waals surface area contributed by atoms with Crippen LogP contribution >= 0.6 is 11.6 Å². The number of nitrogens with zero attached hydrogens (tertiary/aromatic N) is 5. The van der Waals surface area contributed by atoms with E-state index in [1.807, 2.05) is 24.2 Å². The largest absolute Gasteiger partial charge is 0.326 e. The van der Waals surface area contributed by atoms with Crippen LogP contribution in [0.2, 0.25) is 5.15 Å². The van der Waals surface area contributed by atoms with Crippen molar-refractivity contribution >= 4 is 28.8 Å². The zero-order valence-corrected chi connectivity index (χ0v) is 12.0. The van der Waals surface area contributed by atoms with Crippen LogP contribution in [0, 0.1) is 0 Å². The lowest BCUT2D eigenvalue weighted by molar-refractivity contribution is 0.929. The smallest absolute Gasteiger partial charge is 0.177 e. The molecule has 0 radical (unpaired) electrons. The molecule has 0 aliphatic carbocycles. The molecule has 102 valence electrons. The molecule has 0 saturated carbocycles. The van der Waals surface area contributed by atoms with Gasteiger partial charge in [0.1, 0.15) is 5.82 Å². The average Bonchev–Trinajstić information content (AvgIpc) is 2.94. The summed E-state index contributed by atoms with van der Waals surface area (Å²) in [7, 11) is 1.94. The lowest BCUT2D eigenvalue weighted by Gasteiger charge is -2.19. The fourth-order valence-corrected chi connectivity index (χ4v) is 2.25. The van der Waals surface area contributed by atoms with Gasteiger partial charge in [-0.1, -0.05) is 24.6 Å². The van der Waals surface area contributed by atoms with Crippen LogP contribution in [0.1, 0.15) is 12.5 Å². The van der Waals surface area contributed by atoms with Crippen LogP contribution in [-0.2, 0) is 6.42 Å². The second kappa shape index (κ2) is 5.09. The van der Waals surface area contributed by atoms with E-state index in [4.69, 9.17) is 11.6 Å². The standard InChI is InChI=1S/C14H14ClN5/c1-3-10-4-5-13(17-9-10)19(2)11-8-12(15)18-20-7-6-16-14(11)20/h4-9H,3H2,1-2H3. The summed E-state index contributed by atoms with van der Waals surface area (Å²) in [6, 6.07) is 5.86. The van der Waals surface area contributed by atoms with E-state index in [0.29, 0.717) is 5.15 Å². The highest BCUT2D eigenvalue weighted by molar-refractivity contribution is 6.29. The van der Waals surface area contributed by atoms with Gasteiger partial charge >= 0.3 is 0 Å². The van der Waals surface area contributed by atoms with E-state index in [2.05, 4.69) is 28.1 Å². The summed E-state index contributed by atoms with van der Waals surface area (Å²) in [4.78, 5) is 10.7. The SMILES string of the molecule is CCc1ccc(N(C)c2cc(Cl)nn3ccnc23)nc1. The van der Waals surface area contributed by atoms with E-state index in [1.54, 1.807) is 23.0 Å². The first kappa shape index (κ1) is 12.9. The molecule has 0 spiro atoms. The molecule has 0 aliphatic heterocycles. The number of fused-ring (bicyclic) bond motifs is 1. The number of hydrogen-bond acceptors (Lipinski definition) is 4. The number of halogens is 1. The number of aromatic nitrogens is 4. The van der Waals surface area contributed by atoms with Gasteiger partial charge in [-0.05, 0) is 18.1 Å².